The zero-order valence-electron chi connectivity index (χ0n) is 14.1. The topological polar surface area (TPSA) is 143 Å². The minimum atomic E-state index is -1.17. The minimum Gasteiger partial charge on any atom is -0.454 e. The second kappa shape index (κ2) is 7.20. The number of carbonyl (C=O) groups is 2. The number of nitro groups is 1. The van der Waals surface area contributed by atoms with Gasteiger partial charge in [-0.2, -0.15) is 0 Å². The van der Waals surface area contributed by atoms with Crippen LogP contribution in [0.3, 0.4) is 0 Å². The Hall–Kier alpha value is -3.82. The van der Waals surface area contributed by atoms with E-state index in [1.807, 2.05) is 0 Å². The van der Waals surface area contributed by atoms with Crippen molar-refractivity contribution in [3.8, 4) is 11.5 Å². The molecule has 0 spiro atoms. The van der Waals surface area contributed by atoms with Crippen LogP contribution in [-0.4, -0.2) is 29.7 Å². The number of esters is 1. The van der Waals surface area contributed by atoms with Crippen LogP contribution in [0.25, 0.3) is 0 Å². The maximum Gasteiger partial charge on any atom is 0.341 e. The smallest absolute Gasteiger partial charge is 0.341 e. The Bertz CT molecular complexity index is 929. The summed E-state index contributed by atoms with van der Waals surface area (Å²) >= 11 is 0. The molecule has 0 radical (unpaired) electrons. The number of anilines is 2. The van der Waals surface area contributed by atoms with Crippen LogP contribution in [0.1, 0.15) is 17.3 Å². The molecule has 27 heavy (non-hydrogen) atoms. The Kier molecular flexibility index (Phi) is 4.79. The molecule has 3 N–H and O–H groups in total. The van der Waals surface area contributed by atoms with Crippen molar-refractivity contribution >= 4 is 28.9 Å². The summed E-state index contributed by atoms with van der Waals surface area (Å²) in [5, 5.41) is 13.4. The van der Waals surface area contributed by atoms with Crippen molar-refractivity contribution in [2.24, 2.45) is 0 Å². The largest absolute Gasteiger partial charge is 0.454 e. The maximum atomic E-state index is 12.2. The van der Waals surface area contributed by atoms with Crippen molar-refractivity contribution < 1.29 is 28.7 Å². The second-order valence-corrected chi connectivity index (χ2v) is 5.63. The first-order valence-electron chi connectivity index (χ1n) is 7.80. The molecule has 1 aliphatic rings. The normalized spacial score (nSPS) is 12.9. The first-order chi connectivity index (χ1) is 12.8. The molecule has 0 saturated heterocycles. The second-order valence-electron chi connectivity index (χ2n) is 5.63. The van der Waals surface area contributed by atoms with Gasteiger partial charge in [0.2, 0.25) is 6.79 Å². The summed E-state index contributed by atoms with van der Waals surface area (Å²) in [5.74, 6) is -0.480. The average Bonchev–Trinajstić information content (AvgIpc) is 3.09. The highest BCUT2D eigenvalue weighted by atomic mass is 16.7. The third-order valence-corrected chi connectivity index (χ3v) is 3.76. The summed E-state index contributed by atoms with van der Waals surface area (Å²) in [6.07, 6.45) is -1.17. The van der Waals surface area contributed by atoms with Gasteiger partial charge in [-0.1, -0.05) is 0 Å². The van der Waals surface area contributed by atoms with Crippen LogP contribution in [-0.2, 0) is 9.53 Å². The Balaban J connectivity index is 1.66. The number of nitrogens with zero attached hydrogens (tertiary/aromatic N) is 1. The van der Waals surface area contributed by atoms with Crippen molar-refractivity contribution in [2.45, 2.75) is 13.0 Å². The number of amides is 1. The standard InChI is InChI=1S/C17H15N3O7/c1-9(16(21)19-10-2-5-14-15(6-10)26-8-25-14)27-17(22)12-7-11(20(23)24)3-4-13(12)18/h2-7,9H,8,18H2,1H3,(H,19,21)/t9-/m1/s1. The number of nitrogen functional groups attached to an aromatic ring is 1. The Morgan fingerprint density at radius 2 is 1.96 bits per heavy atom. The number of ether oxygens (including phenoxy) is 3. The lowest BCUT2D eigenvalue weighted by atomic mass is 10.1. The van der Waals surface area contributed by atoms with Crippen molar-refractivity contribution in [1.82, 2.24) is 0 Å². The molecule has 0 saturated carbocycles. The molecule has 0 bridgehead atoms. The van der Waals surface area contributed by atoms with E-state index in [2.05, 4.69) is 5.32 Å². The zero-order chi connectivity index (χ0) is 19.6. The summed E-state index contributed by atoms with van der Waals surface area (Å²) < 4.78 is 15.5. The number of benzene rings is 2. The number of rotatable bonds is 5. The fraction of sp³-hybridized carbons (Fsp3) is 0.176. The third kappa shape index (κ3) is 3.89. The van der Waals surface area contributed by atoms with E-state index in [9.17, 15) is 19.7 Å². The van der Waals surface area contributed by atoms with Crippen molar-refractivity contribution in [2.75, 3.05) is 17.8 Å². The van der Waals surface area contributed by atoms with Gasteiger partial charge in [0.05, 0.1) is 10.5 Å². The van der Waals surface area contributed by atoms with E-state index < -0.39 is 22.9 Å². The van der Waals surface area contributed by atoms with E-state index in [0.717, 1.165) is 6.07 Å². The van der Waals surface area contributed by atoms with Crippen LogP contribution in [0.5, 0.6) is 11.5 Å². The Morgan fingerprint density at radius 3 is 2.70 bits per heavy atom. The van der Waals surface area contributed by atoms with Gasteiger partial charge in [-0.25, -0.2) is 4.79 Å². The van der Waals surface area contributed by atoms with E-state index in [-0.39, 0.29) is 23.7 Å². The molecule has 1 heterocycles. The zero-order valence-corrected chi connectivity index (χ0v) is 14.1. The predicted octanol–water partition coefficient (Wildman–Crippen LogP) is 2.09. The number of hydrogen-bond acceptors (Lipinski definition) is 8. The maximum absolute atomic E-state index is 12.2. The number of nitro benzene ring substituents is 1. The monoisotopic (exact) mass is 373 g/mol. The van der Waals surface area contributed by atoms with Crippen LogP contribution >= 0.6 is 0 Å². The summed E-state index contributed by atoms with van der Waals surface area (Å²) in [6.45, 7) is 1.47. The minimum absolute atomic E-state index is 0.00831. The lowest BCUT2D eigenvalue weighted by Crippen LogP contribution is -2.30. The van der Waals surface area contributed by atoms with Crippen LogP contribution in [0.4, 0.5) is 17.1 Å². The number of nitrogens with two attached hydrogens (primary N) is 1. The van der Waals surface area contributed by atoms with Crippen LogP contribution in [0.15, 0.2) is 36.4 Å². The van der Waals surface area contributed by atoms with Gasteiger partial charge in [0, 0.05) is 29.6 Å². The molecule has 1 amide bonds. The fourth-order valence-corrected chi connectivity index (χ4v) is 2.33. The average molecular weight is 373 g/mol. The molecule has 0 aliphatic carbocycles. The van der Waals surface area contributed by atoms with Crippen molar-refractivity contribution in [1.29, 1.82) is 0 Å². The molecule has 0 fully saturated rings. The number of non-ortho nitro benzene ring substituents is 1. The van der Waals surface area contributed by atoms with E-state index in [4.69, 9.17) is 19.9 Å². The first kappa shape index (κ1) is 18.0. The van der Waals surface area contributed by atoms with Gasteiger partial charge >= 0.3 is 5.97 Å². The molecular weight excluding hydrogens is 358 g/mol. The molecule has 10 heteroatoms. The highest BCUT2D eigenvalue weighted by Gasteiger charge is 2.23. The van der Waals surface area contributed by atoms with E-state index in [0.29, 0.717) is 17.2 Å². The van der Waals surface area contributed by atoms with Crippen molar-refractivity contribution in [3.63, 3.8) is 0 Å². The van der Waals surface area contributed by atoms with Crippen LogP contribution in [0, 0.1) is 10.1 Å². The lowest BCUT2D eigenvalue weighted by molar-refractivity contribution is -0.384. The van der Waals surface area contributed by atoms with Gasteiger partial charge in [-0.3, -0.25) is 14.9 Å². The summed E-state index contributed by atoms with van der Waals surface area (Å²) in [4.78, 5) is 34.6. The molecular formula is C17H15N3O7. The van der Waals surface area contributed by atoms with Gasteiger partial charge in [0.15, 0.2) is 17.6 Å². The molecule has 1 aliphatic heterocycles. The molecule has 1 atom stereocenters. The molecule has 2 aromatic rings. The van der Waals surface area contributed by atoms with E-state index in [1.165, 1.54) is 19.1 Å². The van der Waals surface area contributed by atoms with E-state index >= 15 is 0 Å². The molecule has 0 unspecified atom stereocenters. The van der Waals surface area contributed by atoms with Gasteiger partial charge in [0.25, 0.3) is 11.6 Å². The molecule has 3 rings (SSSR count). The van der Waals surface area contributed by atoms with Gasteiger partial charge < -0.3 is 25.3 Å². The van der Waals surface area contributed by atoms with E-state index in [1.54, 1.807) is 18.2 Å². The van der Waals surface area contributed by atoms with Gasteiger partial charge in [-0.05, 0) is 25.1 Å². The SMILES string of the molecule is C[C@@H](OC(=O)c1cc([N+](=O)[O-])ccc1N)C(=O)Nc1ccc2c(c1)OCO2. The Labute approximate surface area is 153 Å². The predicted molar refractivity (Wildman–Crippen MR) is 93.6 cm³/mol. The number of nitrogens with one attached hydrogen (secondary N) is 1. The number of hydrogen-bond donors (Lipinski definition) is 2. The highest BCUT2D eigenvalue weighted by Crippen LogP contribution is 2.34. The highest BCUT2D eigenvalue weighted by molar-refractivity contribution is 6.00. The Morgan fingerprint density at radius 1 is 1.22 bits per heavy atom. The fourth-order valence-electron chi connectivity index (χ4n) is 2.33. The number of carbonyl (C=O) groups excluding carboxylic acids is 2. The van der Waals surface area contributed by atoms with Gasteiger partial charge in [-0.15, -0.1) is 0 Å². The third-order valence-electron chi connectivity index (χ3n) is 3.76. The molecule has 2 aromatic carbocycles. The summed E-state index contributed by atoms with van der Waals surface area (Å²) in [7, 11) is 0. The summed E-state index contributed by atoms with van der Waals surface area (Å²) in [5.41, 5.74) is 5.61. The first-order valence-corrected chi connectivity index (χ1v) is 7.80. The van der Waals surface area contributed by atoms with Crippen LogP contribution in [0.2, 0.25) is 0 Å². The molecule has 140 valence electrons. The lowest BCUT2D eigenvalue weighted by Gasteiger charge is -2.14. The number of fused-ring (bicyclic) bond motifs is 1. The van der Waals surface area contributed by atoms with Crippen molar-refractivity contribution in [3.05, 3.63) is 52.1 Å². The van der Waals surface area contributed by atoms with Crippen LogP contribution < -0.4 is 20.5 Å². The molecule has 10 nitrogen and oxygen atoms in total. The van der Waals surface area contributed by atoms with Gasteiger partial charge in [0.1, 0.15) is 0 Å². The molecule has 0 aromatic heterocycles. The quantitative estimate of drug-likeness (QED) is 0.351. The summed E-state index contributed by atoms with van der Waals surface area (Å²) in [6, 6.07) is 8.22.